The molecule has 2 nitrogen and oxygen atoms in total. The van der Waals surface area contributed by atoms with Crippen LogP contribution in [0.5, 0.6) is 0 Å². The second-order valence-electron chi connectivity index (χ2n) is 3.16. The summed E-state index contributed by atoms with van der Waals surface area (Å²) in [5.41, 5.74) is 0. The molecule has 0 aromatic rings. The summed E-state index contributed by atoms with van der Waals surface area (Å²) in [6.07, 6.45) is 1.28. The van der Waals surface area contributed by atoms with Crippen molar-refractivity contribution in [1.82, 2.24) is 10.2 Å². The van der Waals surface area contributed by atoms with E-state index in [4.69, 9.17) is 0 Å². The van der Waals surface area contributed by atoms with Crippen molar-refractivity contribution in [3.05, 3.63) is 0 Å². The Morgan fingerprint density at radius 3 is 2.58 bits per heavy atom. The lowest BCUT2D eigenvalue weighted by molar-refractivity contribution is 0.207. The Bertz CT molecular complexity index is 91.8. The first kappa shape index (κ1) is 11.9. The Balaban J connectivity index is 0.000000561. The average Bonchev–Trinajstić information content (AvgIpc) is 2.09. The predicted octanol–water partition coefficient (Wildman–Crippen LogP) is 1.72. The highest BCUT2D eigenvalue weighted by Gasteiger charge is 2.13. The molecule has 1 heterocycles. The molecule has 0 bridgehead atoms. The van der Waals surface area contributed by atoms with Crippen molar-refractivity contribution in [3.63, 3.8) is 0 Å². The maximum absolute atomic E-state index is 3.43. The summed E-state index contributed by atoms with van der Waals surface area (Å²) >= 11 is 0. The molecule has 12 heavy (non-hydrogen) atoms. The monoisotopic (exact) mass is 172 g/mol. The van der Waals surface area contributed by atoms with Crippen LogP contribution in [0.4, 0.5) is 0 Å². The predicted molar refractivity (Wildman–Crippen MR) is 55.5 cm³/mol. The van der Waals surface area contributed by atoms with E-state index in [0.717, 1.165) is 0 Å². The molecule has 0 saturated carbocycles. The fourth-order valence-electron chi connectivity index (χ4n) is 1.53. The van der Waals surface area contributed by atoms with Gasteiger partial charge in [-0.1, -0.05) is 20.8 Å². The van der Waals surface area contributed by atoms with Gasteiger partial charge in [-0.25, -0.2) is 0 Å². The molecule has 1 saturated heterocycles. The zero-order chi connectivity index (χ0) is 9.40. The SMILES string of the molecule is CC.CCCN1CCNC(C)C1. The molecule has 1 aliphatic rings. The standard InChI is InChI=1S/C8H18N2.C2H6/c1-3-5-10-6-4-9-8(2)7-10;1-2/h8-9H,3-7H2,1-2H3;1-2H3. The second-order valence-corrected chi connectivity index (χ2v) is 3.16. The summed E-state index contributed by atoms with van der Waals surface area (Å²) < 4.78 is 0. The molecule has 0 aliphatic carbocycles. The Morgan fingerprint density at radius 1 is 1.42 bits per heavy atom. The number of nitrogens with one attached hydrogen (secondary N) is 1. The molecule has 0 amide bonds. The van der Waals surface area contributed by atoms with Gasteiger partial charge in [0.2, 0.25) is 0 Å². The minimum atomic E-state index is 0.695. The summed E-state index contributed by atoms with van der Waals surface area (Å²) in [6.45, 7) is 13.4. The maximum Gasteiger partial charge on any atom is 0.0167 e. The van der Waals surface area contributed by atoms with Gasteiger partial charge in [-0.15, -0.1) is 0 Å². The van der Waals surface area contributed by atoms with Crippen LogP contribution in [0.15, 0.2) is 0 Å². The summed E-state index contributed by atoms with van der Waals surface area (Å²) in [7, 11) is 0. The summed E-state index contributed by atoms with van der Waals surface area (Å²) in [5, 5.41) is 3.43. The number of nitrogens with zero attached hydrogens (tertiary/aromatic N) is 1. The molecular formula is C10H24N2. The fraction of sp³-hybridized carbons (Fsp3) is 1.00. The summed E-state index contributed by atoms with van der Waals surface area (Å²) in [6, 6.07) is 0.695. The topological polar surface area (TPSA) is 15.3 Å². The molecule has 1 atom stereocenters. The molecule has 0 aromatic heterocycles. The first-order valence-corrected chi connectivity index (χ1v) is 5.28. The van der Waals surface area contributed by atoms with Crippen molar-refractivity contribution in [2.75, 3.05) is 26.2 Å². The van der Waals surface area contributed by atoms with Crippen molar-refractivity contribution in [2.45, 2.75) is 40.2 Å². The molecule has 74 valence electrons. The van der Waals surface area contributed by atoms with Crippen LogP contribution in [0, 0.1) is 0 Å². The van der Waals surface area contributed by atoms with Gasteiger partial charge in [-0.2, -0.15) is 0 Å². The second kappa shape index (κ2) is 7.56. The molecule has 1 aliphatic heterocycles. The Labute approximate surface area is 77.3 Å². The van der Waals surface area contributed by atoms with E-state index in [1.54, 1.807) is 0 Å². The lowest BCUT2D eigenvalue weighted by Gasteiger charge is -2.31. The van der Waals surface area contributed by atoms with Crippen molar-refractivity contribution >= 4 is 0 Å². The van der Waals surface area contributed by atoms with Crippen molar-refractivity contribution in [1.29, 1.82) is 0 Å². The third-order valence-corrected chi connectivity index (χ3v) is 1.99. The van der Waals surface area contributed by atoms with Crippen LogP contribution >= 0.6 is 0 Å². The van der Waals surface area contributed by atoms with Gasteiger partial charge >= 0.3 is 0 Å². The van der Waals surface area contributed by atoms with Crippen molar-refractivity contribution in [2.24, 2.45) is 0 Å². The van der Waals surface area contributed by atoms with Crippen LogP contribution in [0.1, 0.15) is 34.1 Å². The smallest absolute Gasteiger partial charge is 0.0167 e. The highest BCUT2D eigenvalue weighted by molar-refractivity contribution is 4.73. The van der Waals surface area contributed by atoms with Gasteiger partial charge in [0.1, 0.15) is 0 Å². The molecule has 1 N–H and O–H groups in total. The van der Waals surface area contributed by atoms with Gasteiger partial charge in [0.15, 0.2) is 0 Å². The van der Waals surface area contributed by atoms with Crippen molar-refractivity contribution in [3.8, 4) is 0 Å². The molecule has 1 fully saturated rings. The molecular weight excluding hydrogens is 148 g/mol. The highest BCUT2D eigenvalue weighted by Crippen LogP contribution is 1.98. The van der Waals surface area contributed by atoms with E-state index in [0.29, 0.717) is 6.04 Å². The maximum atomic E-state index is 3.43. The lowest BCUT2D eigenvalue weighted by atomic mass is 10.2. The molecule has 0 aromatic carbocycles. The van der Waals surface area contributed by atoms with Gasteiger partial charge in [-0.05, 0) is 19.9 Å². The summed E-state index contributed by atoms with van der Waals surface area (Å²) in [4.78, 5) is 2.53. The first-order chi connectivity index (χ1) is 5.83. The Kier molecular flexibility index (Phi) is 7.51. The molecule has 1 unspecified atom stereocenters. The Hall–Kier alpha value is -0.0800. The van der Waals surface area contributed by atoms with Crippen LogP contribution in [0.3, 0.4) is 0 Å². The third-order valence-electron chi connectivity index (χ3n) is 1.99. The van der Waals surface area contributed by atoms with Crippen molar-refractivity contribution < 1.29 is 0 Å². The fourth-order valence-corrected chi connectivity index (χ4v) is 1.53. The number of piperazine rings is 1. The minimum Gasteiger partial charge on any atom is -0.312 e. The van der Waals surface area contributed by atoms with E-state index >= 15 is 0 Å². The van der Waals surface area contributed by atoms with E-state index in [1.165, 1.54) is 32.6 Å². The summed E-state index contributed by atoms with van der Waals surface area (Å²) in [5.74, 6) is 0. The van der Waals surface area contributed by atoms with E-state index in [-0.39, 0.29) is 0 Å². The molecule has 0 radical (unpaired) electrons. The molecule has 0 spiro atoms. The minimum absolute atomic E-state index is 0.695. The van der Waals surface area contributed by atoms with Gasteiger partial charge < -0.3 is 10.2 Å². The molecule has 2 heteroatoms. The van der Waals surface area contributed by atoms with E-state index in [9.17, 15) is 0 Å². The van der Waals surface area contributed by atoms with Crippen LogP contribution in [-0.2, 0) is 0 Å². The van der Waals surface area contributed by atoms with Crippen LogP contribution in [-0.4, -0.2) is 37.1 Å². The van der Waals surface area contributed by atoms with E-state index < -0.39 is 0 Å². The van der Waals surface area contributed by atoms with Crippen LogP contribution in [0.25, 0.3) is 0 Å². The third kappa shape index (κ3) is 4.73. The zero-order valence-electron chi connectivity index (χ0n) is 9.06. The average molecular weight is 172 g/mol. The van der Waals surface area contributed by atoms with Crippen LogP contribution in [0.2, 0.25) is 0 Å². The molecule has 1 rings (SSSR count). The number of hydrogen-bond acceptors (Lipinski definition) is 2. The van der Waals surface area contributed by atoms with E-state index in [2.05, 4.69) is 24.1 Å². The van der Waals surface area contributed by atoms with E-state index in [1.807, 2.05) is 13.8 Å². The number of rotatable bonds is 2. The number of hydrogen-bond donors (Lipinski definition) is 1. The van der Waals surface area contributed by atoms with Gasteiger partial charge in [0, 0.05) is 25.7 Å². The normalized spacial score (nSPS) is 24.5. The first-order valence-electron chi connectivity index (χ1n) is 5.28. The highest BCUT2D eigenvalue weighted by atomic mass is 15.2. The van der Waals surface area contributed by atoms with Gasteiger partial charge in [0.05, 0.1) is 0 Å². The lowest BCUT2D eigenvalue weighted by Crippen LogP contribution is -2.49. The zero-order valence-corrected chi connectivity index (χ0v) is 9.06. The largest absolute Gasteiger partial charge is 0.312 e. The Morgan fingerprint density at radius 2 is 2.08 bits per heavy atom. The quantitative estimate of drug-likeness (QED) is 0.682. The van der Waals surface area contributed by atoms with Crippen LogP contribution < -0.4 is 5.32 Å². The van der Waals surface area contributed by atoms with Gasteiger partial charge in [0.25, 0.3) is 0 Å². The van der Waals surface area contributed by atoms with Gasteiger partial charge in [-0.3, -0.25) is 0 Å².